The summed E-state index contributed by atoms with van der Waals surface area (Å²) in [6.07, 6.45) is 0. The lowest BCUT2D eigenvalue weighted by molar-refractivity contribution is -0.132. The van der Waals surface area contributed by atoms with Crippen molar-refractivity contribution in [1.29, 1.82) is 0 Å². The molecule has 1 saturated heterocycles. The van der Waals surface area contributed by atoms with E-state index in [1.807, 2.05) is 55.5 Å². The molecule has 0 aliphatic carbocycles. The van der Waals surface area contributed by atoms with Gasteiger partial charge in [-0.1, -0.05) is 47.5 Å². The van der Waals surface area contributed by atoms with Gasteiger partial charge in [-0.2, -0.15) is 0 Å². The zero-order valence-electron chi connectivity index (χ0n) is 21.1. The second kappa shape index (κ2) is 10.9. The molecule has 37 heavy (non-hydrogen) atoms. The maximum absolute atomic E-state index is 13.5. The van der Waals surface area contributed by atoms with E-state index >= 15 is 0 Å². The van der Waals surface area contributed by atoms with Gasteiger partial charge >= 0.3 is 0 Å². The number of aliphatic hydroxyl groups excluding tert-OH is 1. The Labute approximate surface area is 226 Å². The van der Waals surface area contributed by atoms with Gasteiger partial charge in [0.2, 0.25) is 0 Å². The van der Waals surface area contributed by atoms with Crippen LogP contribution >= 0.6 is 23.2 Å². The number of hydrogen-bond donors (Lipinski definition) is 1. The number of methoxy groups -OCH3 is 1. The van der Waals surface area contributed by atoms with Crippen molar-refractivity contribution in [2.45, 2.75) is 26.8 Å². The average Bonchev–Trinajstić information content (AvgIpc) is 3.14. The molecule has 1 aliphatic rings. The molecule has 4 rings (SSSR count). The van der Waals surface area contributed by atoms with Crippen molar-refractivity contribution in [2.75, 3.05) is 30.0 Å². The number of carbonyl (C=O) groups excluding carboxylic acids is 2. The first-order valence-electron chi connectivity index (χ1n) is 12.0. The Kier molecular flexibility index (Phi) is 7.81. The maximum Gasteiger partial charge on any atom is 0.300 e. The fourth-order valence-electron chi connectivity index (χ4n) is 4.79. The number of Topliss-reactive ketones (excluding diaryl/α,β-unsaturated/α-hetero) is 1. The number of rotatable bonds is 7. The van der Waals surface area contributed by atoms with Gasteiger partial charge in [0.1, 0.15) is 11.5 Å². The summed E-state index contributed by atoms with van der Waals surface area (Å²) in [6, 6.07) is 17.0. The van der Waals surface area contributed by atoms with Gasteiger partial charge in [-0.25, -0.2) is 0 Å². The molecule has 3 aromatic carbocycles. The molecular formula is C29H28Cl2N2O4. The van der Waals surface area contributed by atoms with Crippen LogP contribution in [-0.4, -0.2) is 37.0 Å². The quantitative estimate of drug-likeness (QED) is 0.204. The summed E-state index contributed by atoms with van der Waals surface area (Å²) in [5, 5.41) is 11.9. The van der Waals surface area contributed by atoms with Crippen molar-refractivity contribution in [3.05, 3.63) is 93.0 Å². The highest BCUT2D eigenvalue weighted by molar-refractivity contribution is 6.52. The molecule has 1 amide bonds. The summed E-state index contributed by atoms with van der Waals surface area (Å²) in [5.74, 6) is -1.80. The number of benzene rings is 3. The minimum absolute atomic E-state index is 0.0660. The highest BCUT2D eigenvalue weighted by Gasteiger charge is 2.47. The van der Waals surface area contributed by atoms with Gasteiger partial charge in [0, 0.05) is 29.5 Å². The van der Waals surface area contributed by atoms with Crippen molar-refractivity contribution in [3.8, 4) is 5.75 Å². The van der Waals surface area contributed by atoms with Crippen LogP contribution in [0.5, 0.6) is 5.75 Å². The zero-order valence-corrected chi connectivity index (χ0v) is 22.6. The number of nitrogens with zero attached hydrogens (tertiary/aromatic N) is 2. The number of ketones is 1. The van der Waals surface area contributed by atoms with E-state index < -0.39 is 23.5 Å². The first-order chi connectivity index (χ1) is 17.7. The standard InChI is InChI=1S/C29H28Cl2N2O4/c1-5-32(6-2)19-11-13-20(14-12-19)33-25(21-10-8-7-9-17(21)3)24(27(35)29(33)36)26(34)22-15-18(30)16-23(31)28(22)37-4/h7-16,25,34H,5-6H2,1-4H3/b26-24+. The van der Waals surface area contributed by atoms with E-state index in [1.54, 1.807) is 0 Å². The molecule has 3 aromatic rings. The number of anilines is 2. The van der Waals surface area contributed by atoms with Gasteiger partial charge in [-0.3, -0.25) is 14.5 Å². The first-order valence-corrected chi connectivity index (χ1v) is 12.7. The molecule has 0 spiro atoms. The minimum atomic E-state index is -0.872. The van der Waals surface area contributed by atoms with E-state index in [2.05, 4.69) is 18.7 Å². The molecule has 1 N–H and O–H groups in total. The number of hydrogen-bond acceptors (Lipinski definition) is 5. The Morgan fingerprint density at radius 1 is 1.03 bits per heavy atom. The Morgan fingerprint density at radius 2 is 1.68 bits per heavy atom. The zero-order chi connectivity index (χ0) is 26.9. The summed E-state index contributed by atoms with van der Waals surface area (Å²) in [5.41, 5.74) is 3.19. The number of aliphatic hydroxyl groups is 1. The van der Waals surface area contributed by atoms with Crippen LogP contribution in [0.3, 0.4) is 0 Å². The lowest BCUT2D eigenvalue weighted by Crippen LogP contribution is -2.30. The molecule has 0 radical (unpaired) electrons. The van der Waals surface area contributed by atoms with Crippen LogP contribution in [0.25, 0.3) is 5.76 Å². The van der Waals surface area contributed by atoms with E-state index in [-0.39, 0.29) is 26.9 Å². The van der Waals surface area contributed by atoms with E-state index in [9.17, 15) is 14.7 Å². The van der Waals surface area contributed by atoms with E-state index in [4.69, 9.17) is 27.9 Å². The predicted molar refractivity (Wildman–Crippen MR) is 149 cm³/mol. The summed E-state index contributed by atoms with van der Waals surface area (Å²) in [6.45, 7) is 7.73. The second-order valence-electron chi connectivity index (χ2n) is 8.68. The molecule has 6 nitrogen and oxygen atoms in total. The monoisotopic (exact) mass is 538 g/mol. The van der Waals surface area contributed by atoms with Crippen molar-refractivity contribution in [3.63, 3.8) is 0 Å². The number of carbonyl (C=O) groups is 2. The van der Waals surface area contributed by atoms with Gasteiger partial charge in [0.25, 0.3) is 11.7 Å². The van der Waals surface area contributed by atoms with Gasteiger partial charge < -0.3 is 14.7 Å². The smallest absolute Gasteiger partial charge is 0.300 e. The molecule has 0 bridgehead atoms. The van der Waals surface area contributed by atoms with Crippen LogP contribution in [0.1, 0.15) is 36.6 Å². The fraction of sp³-hybridized carbons (Fsp3) is 0.241. The van der Waals surface area contributed by atoms with E-state index in [1.165, 1.54) is 24.1 Å². The molecule has 1 atom stereocenters. The van der Waals surface area contributed by atoms with Crippen molar-refractivity contribution < 1.29 is 19.4 Å². The average molecular weight is 539 g/mol. The molecule has 1 fully saturated rings. The molecule has 0 saturated carbocycles. The second-order valence-corrected chi connectivity index (χ2v) is 9.53. The van der Waals surface area contributed by atoms with E-state index in [0.717, 1.165) is 24.3 Å². The molecule has 1 heterocycles. The third kappa shape index (κ3) is 4.79. The normalized spacial score (nSPS) is 16.8. The van der Waals surface area contributed by atoms with Crippen LogP contribution in [0.15, 0.2) is 66.2 Å². The van der Waals surface area contributed by atoms with Gasteiger partial charge in [0.15, 0.2) is 0 Å². The van der Waals surface area contributed by atoms with Gasteiger partial charge in [-0.15, -0.1) is 0 Å². The molecule has 1 aliphatic heterocycles. The summed E-state index contributed by atoms with van der Waals surface area (Å²) < 4.78 is 5.41. The highest BCUT2D eigenvalue weighted by atomic mass is 35.5. The van der Waals surface area contributed by atoms with Crippen LogP contribution in [0, 0.1) is 6.92 Å². The number of halogens is 2. The van der Waals surface area contributed by atoms with Crippen LogP contribution in [-0.2, 0) is 9.59 Å². The minimum Gasteiger partial charge on any atom is -0.507 e. The predicted octanol–water partition coefficient (Wildman–Crippen LogP) is 6.78. The Hall–Kier alpha value is -3.48. The third-order valence-corrected chi connectivity index (χ3v) is 7.15. The van der Waals surface area contributed by atoms with Crippen molar-refractivity contribution in [2.24, 2.45) is 0 Å². The Bertz CT molecular complexity index is 1380. The summed E-state index contributed by atoms with van der Waals surface area (Å²) in [7, 11) is 1.40. The third-order valence-electron chi connectivity index (χ3n) is 6.65. The van der Waals surface area contributed by atoms with Crippen LogP contribution < -0.4 is 14.5 Å². The van der Waals surface area contributed by atoms with E-state index in [0.29, 0.717) is 11.3 Å². The number of aryl methyl sites for hydroxylation is 1. The van der Waals surface area contributed by atoms with Crippen LogP contribution in [0.2, 0.25) is 10.0 Å². The van der Waals surface area contributed by atoms with Crippen molar-refractivity contribution >= 4 is 52.0 Å². The Morgan fingerprint density at radius 3 is 2.27 bits per heavy atom. The topological polar surface area (TPSA) is 70.1 Å². The first kappa shape index (κ1) is 26.6. The number of amides is 1. The number of ether oxygens (including phenoxy) is 1. The van der Waals surface area contributed by atoms with Gasteiger partial charge in [0.05, 0.1) is 29.3 Å². The highest BCUT2D eigenvalue weighted by Crippen LogP contribution is 2.45. The molecule has 1 unspecified atom stereocenters. The van der Waals surface area contributed by atoms with Crippen LogP contribution in [0.4, 0.5) is 11.4 Å². The largest absolute Gasteiger partial charge is 0.507 e. The SMILES string of the molecule is CCN(CC)c1ccc(N2C(=O)C(=O)/C(=C(/O)c3cc(Cl)cc(Cl)c3OC)C2c2ccccc2C)cc1. The molecule has 0 aromatic heterocycles. The fourth-order valence-corrected chi connectivity index (χ4v) is 5.36. The van der Waals surface area contributed by atoms with Crippen molar-refractivity contribution in [1.82, 2.24) is 0 Å². The summed E-state index contributed by atoms with van der Waals surface area (Å²) in [4.78, 5) is 30.6. The Balaban J connectivity index is 1.95. The maximum atomic E-state index is 13.5. The summed E-state index contributed by atoms with van der Waals surface area (Å²) >= 11 is 12.5. The molecule has 8 heteroatoms. The molecular weight excluding hydrogens is 511 g/mol. The lowest BCUT2D eigenvalue weighted by atomic mass is 9.92. The lowest BCUT2D eigenvalue weighted by Gasteiger charge is -2.28. The van der Waals surface area contributed by atoms with Gasteiger partial charge in [-0.05, 0) is 68.3 Å². The molecule has 192 valence electrons.